The molecule has 1 saturated heterocycles. The predicted octanol–water partition coefficient (Wildman–Crippen LogP) is 3.24. The van der Waals surface area contributed by atoms with Gasteiger partial charge in [0.1, 0.15) is 10.7 Å². The molecule has 0 saturated carbocycles. The maximum atomic E-state index is 13.0. The van der Waals surface area contributed by atoms with Gasteiger partial charge in [0.05, 0.1) is 33.9 Å². The average Bonchev–Trinajstić information content (AvgIpc) is 3.32. The van der Waals surface area contributed by atoms with Crippen LogP contribution in [0, 0.1) is 13.8 Å². The minimum absolute atomic E-state index is 0.0475. The van der Waals surface area contributed by atoms with Gasteiger partial charge in [0.2, 0.25) is 0 Å². The highest BCUT2D eigenvalue weighted by Crippen LogP contribution is 2.30. The molecule has 1 aliphatic rings. The fraction of sp³-hybridized carbons (Fsp3) is 0.316. The number of hydrogen-bond acceptors (Lipinski definition) is 6. The quantitative estimate of drug-likeness (QED) is 0.705. The van der Waals surface area contributed by atoms with E-state index in [1.54, 1.807) is 10.7 Å². The van der Waals surface area contributed by atoms with E-state index in [0.29, 0.717) is 22.8 Å². The number of aryl methyl sites for hydroxylation is 2. The van der Waals surface area contributed by atoms with Crippen LogP contribution in [0.3, 0.4) is 0 Å². The Kier molecular flexibility index (Phi) is 4.80. The largest absolute Gasteiger partial charge is 0.306 e. The molecule has 0 bridgehead atoms. The third kappa shape index (κ3) is 3.72. The van der Waals surface area contributed by atoms with Crippen LogP contribution in [0.1, 0.15) is 32.8 Å². The highest BCUT2D eigenvalue weighted by atomic mass is 32.2. The van der Waals surface area contributed by atoms with Crippen molar-refractivity contribution < 1.29 is 13.2 Å². The van der Waals surface area contributed by atoms with Crippen molar-refractivity contribution in [3.05, 3.63) is 52.0 Å². The standard InChI is InChI=1S/C19H20N4O3S2/c1-12-10-16(23(22-12)15-8-9-28(25,26)11-15)21-19(24)18-17(20-13(2)27-18)14-6-4-3-5-7-14/h3-7,10,15H,8-9,11H2,1-2H3,(H,21,24)/t15-/m0/s1. The molecule has 7 nitrogen and oxygen atoms in total. The second-order valence-electron chi connectivity index (χ2n) is 6.90. The van der Waals surface area contributed by atoms with E-state index < -0.39 is 9.84 Å². The summed E-state index contributed by atoms with van der Waals surface area (Å²) in [7, 11) is -3.05. The summed E-state index contributed by atoms with van der Waals surface area (Å²) in [6.45, 7) is 3.69. The van der Waals surface area contributed by atoms with Gasteiger partial charge in [0.25, 0.3) is 5.91 Å². The Morgan fingerprint density at radius 3 is 2.68 bits per heavy atom. The number of rotatable bonds is 4. The van der Waals surface area contributed by atoms with Gasteiger partial charge in [-0.1, -0.05) is 30.3 Å². The van der Waals surface area contributed by atoms with Crippen LogP contribution in [0.4, 0.5) is 5.82 Å². The van der Waals surface area contributed by atoms with Crippen LogP contribution in [0.5, 0.6) is 0 Å². The molecule has 9 heteroatoms. The van der Waals surface area contributed by atoms with Crippen LogP contribution in [0.15, 0.2) is 36.4 Å². The van der Waals surface area contributed by atoms with Gasteiger partial charge in [0.15, 0.2) is 9.84 Å². The van der Waals surface area contributed by atoms with Crippen molar-refractivity contribution in [3.63, 3.8) is 0 Å². The fourth-order valence-electron chi connectivity index (χ4n) is 3.40. The first kappa shape index (κ1) is 18.8. The third-order valence-electron chi connectivity index (χ3n) is 4.64. The number of nitrogens with zero attached hydrogens (tertiary/aromatic N) is 3. The summed E-state index contributed by atoms with van der Waals surface area (Å²) in [4.78, 5) is 18.1. The first-order chi connectivity index (χ1) is 13.3. The number of thiazole rings is 1. The maximum absolute atomic E-state index is 13.0. The molecule has 146 valence electrons. The lowest BCUT2D eigenvalue weighted by atomic mass is 10.1. The van der Waals surface area contributed by atoms with Crippen molar-refractivity contribution in [2.75, 3.05) is 16.8 Å². The molecule has 1 atom stereocenters. The molecule has 3 heterocycles. The predicted molar refractivity (Wildman–Crippen MR) is 110 cm³/mol. The number of nitrogens with one attached hydrogen (secondary N) is 1. The third-order valence-corrected chi connectivity index (χ3v) is 7.36. The Hall–Kier alpha value is -2.52. The van der Waals surface area contributed by atoms with Crippen LogP contribution in [0.25, 0.3) is 11.3 Å². The fourth-order valence-corrected chi connectivity index (χ4v) is 5.93. The molecule has 0 unspecified atom stereocenters. The van der Waals surface area contributed by atoms with E-state index in [9.17, 15) is 13.2 Å². The van der Waals surface area contributed by atoms with Gasteiger partial charge in [-0.15, -0.1) is 11.3 Å². The molecular weight excluding hydrogens is 396 g/mol. The van der Waals surface area contributed by atoms with Gasteiger partial charge in [-0.25, -0.2) is 18.1 Å². The molecule has 1 aliphatic heterocycles. The van der Waals surface area contributed by atoms with Gasteiger partial charge in [-0.05, 0) is 20.3 Å². The summed E-state index contributed by atoms with van der Waals surface area (Å²) >= 11 is 1.33. The number of anilines is 1. The summed E-state index contributed by atoms with van der Waals surface area (Å²) in [5.74, 6) is 0.434. The number of amides is 1. The van der Waals surface area contributed by atoms with Crippen molar-refractivity contribution in [3.8, 4) is 11.3 Å². The van der Waals surface area contributed by atoms with Gasteiger partial charge < -0.3 is 5.32 Å². The number of sulfone groups is 1. The minimum atomic E-state index is -3.05. The van der Waals surface area contributed by atoms with Crippen LogP contribution in [-0.4, -0.2) is 40.6 Å². The second-order valence-corrected chi connectivity index (χ2v) is 10.3. The topological polar surface area (TPSA) is 94.0 Å². The summed E-state index contributed by atoms with van der Waals surface area (Å²) in [5, 5.41) is 8.13. The van der Waals surface area contributed by atoms with E-state index in [4.69, 9.17) is 0 Å². The van der Waals surface area contributed by atoms with E-state index in [2.05, 4.69) is 15.4 Å². The molecule has 0 radical (unpaired) electrons. The Balaban J connectivity index is 1.64. The summed E-state index contributed by atoms with van der Waals surface area (Å²) < 4.78 is 25.3. The smallest absolute Gasteiger partial charge is 0.269 e. The Labute approximate surface area is 167 Å². The van der Waals surface area contributed by atoms with E-state index in [1.807, 2.05) is 44.2 Å². The van der Waals surface area contributed by atoms with Crippen LogP contribution in [-0.2, 0) is 9.84 Å². The molecular formula is C19H20N4O3S2. The summed E-state index contributed by atoms with van der Waals surface area (Å²) in [5.41, 5.74) is 2.25. The highest BCUT2D eigenvalue weighted by molar-refractivity contribution is 7.91. The lowest BCUT2D eigenvalue weighted by molar-refractivity contribution is 0.102. The highest BCUT2D eigenvalue weighted by Gasteiger charge is 2.31. The second kappa shape index (κ2) is 7.14. The van der Waals surface area contributed by atoms with Crippen molar-refractivity contribution >= 4 is 32.9 Å². The zero-order valence-corrected chi connectivity index (χ0v) is 17.2. The lowest BCUT2D eigenvalue weighted by Gasteiger charge is -2.13. The number of aromatic nitrogens is 3. The van der Waals surface area contributed by atoms with Crippen molar-refractivity contribution in [1.29, 1.82) is 0 Å². The monoisotopic (exact) mass is 416 g/mol. The molecule has 1 aromatic carbocycles. The first-order valence-corrected chi connectivity index (χ1v) is 11.6. The van der Waals surface area contributed by atoms with Crippen molar-refractivity contribution in [2.45, 2.75) is 26.3 Å². The van der Waals surface area contributed by atoms with Crippen LogP contribution in [0.2, 0.25) is 0 Å². The lowest BCUT2D eigenvalue weighted by Crippen LogP contribution is -2.19. The number of carbonyl (C=O) groups excluding carboxylic acids is 1. The molecule has 1 fully saturated rings. The number of carbonyl (C=O) groups is 1. The van der Waals surface area contributed by atoms with E-state index in [-0.39, 0.29) is 23.5 Å². The molecule has 2 aromatic heterocycles. The molecule has 4 rings (SSSR count). The molecule has 0 aliphatic carbocycles. The van der Waals surface area contributed by atoms with Crippen LogP contribution >= 0.6 is 11.3 Å². The molecule has 1 N–H and O–H groups in total. The Morgan fingerprint density at radius 1 is 1.25 bits per heavy atom. The van der Waals surface area contributed by atoms with Crippen molar-refractivity contribution in [2.24, 2.45) is 0 Å². The average molecular weight is 417 g/mol. The van der Waals surface area contributed by atoms with Gasteiger partial charge in [-0.3, -0.25) is 4.79 Å². The molecule has 0 spiro atoms. The summed E-state index contributed by atoms with van der Waals surface area (Å²) in [6, 6.07) is 11.1. The molecule has 3 aromatic rings. The van der Waals surface area contributed by atoms with Gasteiger partial charge >= 0.3 is 0 Å². The number of hydrogen-bond donors (Lipinski definition) is 1. The first-order valence-electron chi connectivity index (χ1n) is 8.93. The van der Waals surface area contributed by atoms with E-state index in [1.165, 1.54) is 11.3 Å². The molecule has 1 amide bonds. The Morgan fingerprint density at radius 2 is 2.00 bits per heavy atom. The van der Waals surface area contributed by atoms with Crippen molar-refractivity contribution in [1.82, 2.24) is 14.8 Å². The van der Waals surface area contributed by atoms with Crippen LogP contribution < -0.4 is 5.32 Å². The molecule has 28 heavy (non-hydrogen) atoms. The van der Waals surface area contributed by atoms with Gasteiger partial charge in [-0.2, -0.15) is 5.10 Å². The SMILES string of the molecule is Cc1cc(NC(=O)c2sc(C)nc2-c2ccccc2)n([C@H]2CCS(=O)(=O)C2)n1. The summed E-state index contributed by atoms with van der Waals surface area (Å²) in [6.07, 6.45) is 0.501. The van der Waals surface area contributed by atoms with Gasteiger partial charge in [0, 0.05) is 11.6 Å². The maximum Gasteiger partial charge on any atom is 0.269 e. The Bertz CT molecular complexity index is 1130. The van der Waals surface area contributed by atoms with E-state index in [0.717, 1.165) is 16.3 Å². The normalized spacial score (nSPS) is 18.3. The zero-order chi connectivity index (χ0) is 19.9. The van der Waals surface area contributed by atoms with E-state index >= 15 is 0 Å². The number of benzene rings is 1. The zero-order valence-electron chi connectivity index (χ0n) is 15.5. The minimum Gasteiger partial charge on any atom is -0.306 e.